The summed E-state index contributed by atoms with van der Waals surface area (Å²) in [6, 6.07) is 27.4. The monoisotopic (exact) mass is 398 g/mol. The number of hydrogen-bond donors (Lipinski definition) is 1. The lowest BCUT2D eigenvalue weighted by Gasteiger charge is -2.30. The van der Waals surface area contributed by atoms with E-state index in [2.05, 4.69) is 18.8 Å². The van der Waals surface area contributed by atoms with Gasteiger partial charge in [0.15, 0.2) is 0 Å². The molecule has 0 unspecified atom stereocenters. The van der Waals surface area contributed by atoms with E-state index in [-0.39, 0.29) is 17.9 Å². The van der Waals surface area contributed by atoms with Crippen LogP contribution < -0.4 is 5.32 Å². The van der Waals surface area contributed by atoms with E-state index in [0.29, 0.717) is 18.7 Å². The molecule has 1 N–H and O–H groups in total. The molecule has 0 saturated heterocycles. The van der Waals surface area contributed by atoms with Crippen LogP contribution in [0, 0.1) is 0 Å². The third-order valence-corrected chi connectivity index (χ3v) is 5.03. The average molecular weight is 399 g/mol. The summed E-state index contributed by atoms with van der Waals surface area (Å²) in [4.78, 5) is 26.6. The molecule has 0 saturated carbocycles. The molecular weight excluding hydrogens is 372 g/mol. The van der Waals surface area contributed by atoms with E-state index in [1.165, 1.54) is 6.08 Å². The van der Waals surface area contributed by atoms with Crippen LogP contribution in [-0.2, 0) is 22.6 Å². The second-order valence-corrected chi connectivity index (χ2v) is 7.16. The Morgan fingerprint density at radius 2 is 1.50 bits per heavy atom. The molecule has 152 valence electrons. The summed E-state index contributed by atoms with van der Waals surface area (Å²) in [5, 5.41) is 2.71. The van der Waals surface area contributed by atoms with E-state index in [0.717, 1.165) is 16.7 Å². The van der Waals surface area contributed by atoms with Crippen molar-refractivity contribution in [1.29, 1.82) is 0 Å². The van der Waals surface area contributed by atoms with Gasteiger partial charge in [-0.1, -0.05) is 79.4 Å². The van der Waals surface area contributed by atoms with E-state index >= 15 is 0 Å². The molecule has 0 aliphatic heterocycles. The topological polar surface area (TPSA) is 49.4 Å². The lowest BCUT2D eigenvalue weighted by atomic mass is 10.0. The summed E-state index contributed by atoms with van der Waals surface area (Å²) >= 11 is 0. The van der Waals surface area contributed by atoms with Crippen LogP contribution in [-0.4, -0.2) is 16.7 Å². The van der Waals surface area contributed by atoms with Crippen LogP contribution in [0.4, 0.5) is 5.69 Å². The largest absolute Gasteiger partial charge is 0.331 e. The molecule has 3 aromatic rings. The predicted octanol–water partition coefficient (Wildman–Crippen LogP) is 5.14. The molecule has 0 heterocycles. The fraction of sp³-hybridized carbons (Fsp3) is 0.154. The van der Waals surface area contributed by atoms with Gasteiger partial charge in [-0.05, 0) is 41.8 Å². The summed E-state index contributed by atoms with van der Waals surface area (Å²) in [5.74, 6) is -0.206. The summed E-state index contributed by atoms with van der Waals surface area (Å²) in [6.45, 7) is 6.05. The minimum absolute atomic E-state index is 0.0509. The van der Waals surface area contributed by atoms with Crippen LogP contribution in [0.5, 0.6) is 0 Å². The minimum Gasteiger partial charge on any atom is -0.331 e. The molecule has 30 heavy (non-hydrogen) atoms. The first-order valence-electron chi connectivity index (χ1n) is 9.97. The maximum absolute atomic E-state index is 13.3. The van der Waals surface area contributed by atoms with Crippen molar-refractivity contribution >= 4 is 17.5 Å². The summed E-state index contributed by atoms with van der Waals surface area (Å²) in [5.41, 5.74) is 3.77. The fourth-order valence-corrected chi connectivity index (χ4v) is 3.31. The molecule has 2 amide bonds. The van der Waals surface area contributed by atoms with Crippen LogP contribution in [0.15, 0.2) is 97.6 Å². The van der Waals surface area contributed by atoms with Crippen molar-refractivity contribution in [2.24, 2.45) is 0 Å². The SMILES string of the molecule is C=CC(=O)Nc1ccc(CC(=O)N(Cc2ccccc2)[C@H](C)c2ccccc2)cc1. The second-order valence-electron chi connectivity index (χ2n) is 7.16. The molecule has 0 aromatic heterocycles. The molecule has 0 aliphatic rings. The molecule has 4 nitrogen and oxygen atoms in total. The van der Waals surface area contributed by atoms with Crippen molar-refractivity contribution in [3.63, 3.8) is 0 Å². The van der Waals surface area contributed by atoms with Gasteiger partial charge in [0.25, 0.3) is 0 Å². The number of amides is 2. The summed E-state index contributed by atoms with van der Waals surface area (Å²) in [7, 11) is 0. The Morgan fingerprint density at radius 3 is 2.10 bits per heavy atom. The molecule has 0 radical (unpaired) electrons. The molecule has 0 aliphatic carbocycles. The fourth-order valence-electron chi connectivity index (χ4n) is 3.31. The number of anilines is 1. The van der Waals surface area contributed by atoms with Gasteiger partial charge in [-0.15, -0.1) is 0 Å². The number of hydrogen-bond acceptors (Lipinski definition) is 2. The lowest BCUT2D eigenvalue weighted by Crippen LogP contribution is -2.34. The highest BCUT2D eigenvalue weighted by atomic mass is 16.2. The van der Waals surface area contributed by atoms with Gasteiger partial charge in [-0.3, -0.25) is 9.59 Å². The van der Waals surface area contributed by atoms with Crippen molar-refractivity contribution in [3.8, 4) is 0 Å². The zero-order chi connectivity index (χ0) is 21.3. The van der Waals surface area contributed by atoms with Crippen LogP contribution >= 0.6 is 0 Å². The first kappa shape index (κ1) is 21.1. The van der Waals surface area contributed by atoms with E-state index in [1.807, 2.05) is 77.7 Å². The molecule has 3 rings (SSSR count). The third-order valence-electron chi connectivity index (χ3n) is 5.03. The number of rotatable bonds is 8. The highest BCUT2D eigenvalue weighted by Gasteiger charge is 2.22. The molecular formula is C26H26N2O2. The van der Waals surface area contributed by atoms with Crippen molar-refractivity contribution in [2.75, 3.05) is 5.32 Å². The maximum atomic E-state index is 13.3. The zero-order valence-corrected chi connectivity index (χ0v) is 17.1. The quantitative estimate of drug-likeness (QED) is 0.534. The maximum Gasteiger partial charge on any atom is 0.247 e. The van der Waals surface area contributed by atoms with Crippen LogP contribution in [0.1, 0.15) is 29.7 Å². The Hall–Kier alpha value is -3.66. The number of nitrogens with one attached hydrogen (secondary N) is 1. The minimum atomic E-state index is -0.260. The second kappa shape index (κ2) is 10.2. The Morgan fingerprint density at radius 1 is 0.900 bits per heavy atom. The summed E-state index contributed by atoms with van der Waals surface area (Å²) < 4.78 is 0. The number of nitrogens with zero attached hydrogens (tertiary/aromatic N) is 1. The van der Waals surface area contributed by atoms with E-state index in [9.17, 15) is 9.59 Å². The van der Waals surface area contributed by atoms with Crippen LogP contribution in [0.3, 0.4) is 0 Å². The smallest absolute Gasteiger partial charge is 0.247 e. The molecule has 0 spiro atoms. The summed E-state index contributed by atoms with van der Waals surface area (Å²) in [6.07, 6.45) is 1.52. The van der Waals surface area contributed by atoms with E-state index in [1.54, 1.807) is 12.1 Å². The van der Waals surface area contributed by atoms with Crippen molar-refractivity contribution in [3.05, 3.63) is 114 Å². The normalized spacial score (nSPS) is 11.4. The number of benzene rings is 3. The standard InChI is InChI=1S/C26H26N2O2/c1-3-25(29)27-24-16-14-21(15-17-24)18-26(30)28(19-22-10-6-4-7-11-22)20(2)23-12-8-5-9-13-23/h3-17,20H,1,18-19H2,2H3,(H,27,29)/t20-/m1/s1. The van der Waals surface area contributed by atoms with Gasteiger partial charge in [0.2, 0.25) is 11.8 Å². The lowest BCUT2D eigenvalue weighted by molar-refractivity contribution is -0.133. The first-order valence-corrected chi connectivity index (χ1v) is 9.97. The zero-order valence-electron chi connectivity index (χ0n) is 17.1. The Labute approximate surface area is 177 Å². The Balaban J connectivity index is 1.77. The van der Waals surface area contributed by atoms with Gasteiger partial charge >= 0.3 is 0 Å². The highest BCUT2D eigenvalue weighted by Crippen LogP contribution is 2.24. The van der Waals surface area contributed by atoms with Gasteiger partial charge in [0.1, 0.15) is 0 Å². The molecule has 3 aromatic carbocycles. The highest BCUT2D eigenvalue weighted by molar-refractivity contribution is 5.98. The molecule has 0 bridgehead atoms. The van der Waals surface area contributed by atoms with Gasteiger partial charge in [-0.25, -0.2) is 0 Å². The van der Waals surface area contributed by atoms with Crippen molar-refractivity contribution < 1.29 is 9.59 Å². The molecule has 0 fully saturated rings. The van der Waals surface area contributed by atoms with E-state index < -0.39 is 0 Å². The number of carbonyl (C=O) groups is 2. The number of carbonyl (C=O) groups excluding carboxylic acids is 2. The third kappa shape index (κ3) is 5.67. The molecule has 1 atom stereocenters. The van der Waals surface area contributed by atoms with Crippen molar-refractivity contribution in [1.82, 2.24) is 4.90 Å². The predicted molar refractivity (Wildman–Crippen MR) is 121 cm³/mol. The Kier molecular flexibility index (Phi) is 7.17. The average Bonchev–Trinajstić information content (AvgIpc) is 2.79. The van der Waals surface area contributed by atoms with Gasteiger partial charge < -0.3 is 10.2 Å². The first-order chi connectivity index (χ1) is 14.6. The molecule has 4 heteroatoms. The van der Waals surface area contributed by atoms with Crippen LogP contribution in [0.2, 0.25) is 0 Å². The van der Waals surface area contributed by atoms with Gasteiger partial charge in [0, 0.05) is 12.2 Å². The van der Waals surface area contributed by atoms with Crippen LogP contribution in [0.25, 0.3) is 0 Å². The van der Waals surface area contributed by atoms with Crippen molar-refractivity contribution in [2.45, 2.75) is 25.9 Å². The van der Waals surface area contributed by atoms with Gasteiger partial charge in [-0.2, -0.15) is 0 Å². The van der Waals surface area contributed by atoms with Gasteiger partial charge in [0.05, 0.1) is 12.5 Å². The van der Waals surface area contributed by atoms with E-state index in [4.69, 9.17) is 0 Å². The Bertz CT molecular complexity index is 983.